The second kappa shape index (κ2) is 5.89. The molecule has 3 N–H and O–H groups in total. The van der Waals surface area contributed by atoms with Crippen molar-refractivity contribution in [3.63, 3.8) is 0 Å². The average Bonchev–Trinajstić information content (AvgIpc) is 2.90. The first-order valence-corrected chi connectivity index (χ1v) is 6.65. The molecule has 0 saturated carbocycles. The molecule has 0 radical (unpaired) electrons. The molecule has 0 bridgehead atoms. The molecule has 1 aromatic carbocycles. The first-order valence-electron chi connectivity index (χ1n) is 6.65. The Labute approximate surface area is 112 Å². The molecule has 0 unspecified atom stereocenters. The lowest BCUT2D eigenvalue weighted by molar-refractivity contribution is 0.0850. The van der Waals surface area contributed by atoms with E-state index in [2.05, 4.69) is 10.3 Å². The van der Waals surface area contributed by atoms with E-state index in [1.165, 1.54) is 0 Å². The van der Waals surface area contributed by atoms with E-state index in [4.69, 9.17) is 0 Å². The van der Waals surface area contributed by atoms with Crippen molar-refractivity contribution in [1.82, 2.24) is 10.3 Å². The SMILES string of the molecule is CC[C@@H](C)[C@H](O)CNC(=O)c1ccc2cc[nH]c2c1. The van der Waals surface area contributed by atoms with E-state index in [-0.39, 0.29) is 18.4 Å². The third kappa shape index (κ3) is 3.15. The number of carbonyl (C=O) groups is 1. The Morgan fingerprint density at radius 2 is 2.21 bits per heavy atom. The summed E-state index contributed by atoms with van der Waals surface area (Å²) in [7, 11) is 0. The Morgan fingerprint density at radius 1 is 1.42 bits per heavy atom. The molecule has 1 amide bonds. The number of fused-ring (bicyclic) bond motifs is 1. The van der Waals surface area contributed by atoms with Crippen molar-refractivity contribution in [3.8, 4) is 0 Å². The van der Waals surface area contributed by atoms with Gasteiger partial charge in [-0.15, -0.1) is 0 Å². The van der Waals surface area contributed by atoms with Crippen molar-refractivity contribution >= 4 is 16.8 Å². The van der Waals surface area contributed by atoms with Crippen LogP contribution in [0.15, 0.2) is 30.5 Å². The van der Waals surface area contributed by atoms with Gasteiger partial charge in [0.1, 0.15) is 0 Å². The van der Waals surface area contributed by atoms with E-state index in [0.717, 1.165) is 17.3 Å². The summed E-state index contributed by atoms with van der Waals surface area (Å²) in [4.78, 5) is 15.1. The second-order valence-electron chi connectivity index (χ2n) is 4.94. The third-order valence-corrected chi connectivity index (χ3v) is 3.59. The minimum atomic E-state index is -0.497. The zero-order valence-electron chi connectivity index (χ0n) is 11.3. The summed E-state index contributed by atoms with van der Waals surface area (Å²) in [5, 5.41) is 13.7. The van der Waals surface area contributed by atoms with E-state index in [9.17, 15) is 9.90 Å². The predicted molar refractivity (Wildman–Crippen MR) is 76.1 cm³/mol. The number of aromatic amines is 1. The first kappa shape index (κ1) is 13.6. The van der Waals surface area contributed by atoms with Crippen molar-refractivity contribution in [3.05, 3.63) is 36.0 Å². The maximum Gasteiger partial charge on any atom is 0.251 e. The van der Waals surface area contributed by atoms with Crippen molar-refractivity contribution < 1.29 is 9.90 Å². The highest BCUT2D eigenvalue weighted by Crippen LogP contribution is 2.14. The number of H-pyrrole nitrogens is 1. The van der Waals surface area contributed by atoms with Crippen LogP contribution in [0.3, 0.4) is 0 Å². The molecule has 2 atom stereocenters. The van der Waals surface area contributed by atoms with Gasteiger partial charge in [0.25, 0.3) is 5.91 Å². The molecule has 0 aliphatic carbocycles. The number of hydrogen-bond donors (Lipinski definition) is 3. The summed E-state index contributed by atoms with van der Waals surface area (Å²) in [6.45, 7) is 4.29. The van der Waals surface area contributed by atoms with Crippen LogP contribution in [0.4, 0.5) is 0 Å². The zero-order chi connectivity index (χ0) is 13.8. The summed E-state index contributed by atoms with van der Waals surface area (Å²) >= 11 is 0. The highest BCUT2D eigenvalue weighted by molar-refractivity contribution is 5.97. The van der Waals surface area contributed by atoms with E-state index in [1.54, 1.807) is 6.07 Å². The molecular formula is C15H20N2O2. The molecule has 102 valence electrons. The number of amides is 1. The van der Waals surface area contributed by atoms with Crippen LogP contribution in [0.1, 0.15) is 30.6 Å². The lowest BCUT2D eigenvalue weighted by Gasteiger charge is -2.17. The van der Waals surface area contributed by atoms with Gasteiger partial charge in [-0.1, -0.05) is 26.3 Å². The van der Waals surface area contributed by atoms with Gasteiger partial charge in [0, 0.05) is 23.8 Å². The highest BCUT2D eigenvalue weighted by Gasteiger charge is 2.14. The number of aliphatic hydroxyl groups is 1. The van der Waals surface area contributed by atoms with E-state index >= 15 is 0 Å². The smallest absolute Gasteiger partial charge is 0.251 e. The third-order valence-electron chi connectivity index (χ3n) is 3.59. The topological polar surface area (TPSA) is 65.1 Å². The standard InChI is InChI=1S/C15H20N2O2/c1-3-10(2)14(18)9-17-15(19)12-5-4-11-6-7-16-13(11)8-12/h4-8,10,14,16,18H,3,9H2,1-2H3,(H,17,19)/t10-,14-/m1/s1. The molecular weight excluding hydrogens is 240 g/mol. The van der Waals surface area contributed by atoms with Crippen LogP contribution >= 0.6 is 0 Å². The van der Waals surface area contributed by atoms with Gasteiger partial charge in [-0.25, -0.2) is 0 Å². The molecule has 2 rings (SSSR count). The van der Waals surface area contributed by atoms with Gasteiger partial charge in [-0.3, -0.25) is 4.79 Å². The van der Waals surface area contributed by atoms with E-state index < -0.39 is 6.10 Å². The molecule has 1 aromatic heterocycles. The molecule has 0 spiro atoms. The van der Waals surface area contributed by atoms with Crippen LogP contribution in [-0.4, -0.2) is 28.6 Å². The lowest BCUT2D eigenvalue weighted by atomic mass is 10.0. The minimum Gasteiger partial charge on any atom is -0.391 e. The highest BCUT2D eigenvalue weighted by atomic mass is 16.3. The predicted octanol–water partition coefficient (Wildman–Crippen LogP) is 2.30. The lowest BCUT2D eigenvalue weighted by Crippen LogP contribution is -2.35. The summed E-state index contributed by atoms with van der Waals surface area (Å²) in [5.41, 5.74) is 1.54. The van der Waals surface area contributed by atoms with Crippen molar-refractivity contribution in [1.29, 1.82) is 0 Å². The van der Waals surface area contributed by atoms with Crippen LogP contribution in [0, 0.1) is 5.92 Å². The van der Waals surface area contributed by atoms with Gasteiger partial charge in [0.05, 0.1) is 6.10 Å². The zero-order valence-corrected chi connectivity index (χ0v) is 11.3. The Kier molecular flexibility index (Phi) is 4.22. The Morgan fingerprint density at radius 3 is 2.95 bits per heavy atom. The van der Waals surface area contributed by atoms with Gasteiger partial charge in [-0.05, 0) is 29.5 Å². The van der Waals surface area contributed by atoms with Crippen LogP contribution in [0.25, 0.3) is 10.9 Å². The first-order chi connectivity index (χ1) is 9.11. The van der Waals surface area contributed by atoms with Gasteiger partial charge < -0.3 is 15.4 Å². The normalized spacial score (nSPS) is 14.3. The fourth-order valence-corrected chi connectivity index (χ4v) is 1.96. The molecule has 19 heavy (non-hydrogen) atoms. The molecule has 0 fully saturated rings. The van der Waals surface area contributed by atoms with Crippen molar-refractivity contribution in [2.75, 3.05) is 6.54 Å². The van der Waals surface area contributed by atoms with Crippen molar-refractivity contribution in [2.24, 2.45) is 5.92 Å². The van der Waals surface area contributed by atoms with Crippen LogP contribution in [0.2, 0.25) is 0 Å². The number of rotatable bonds is 5. The van der Waals surface area contributed by atoms with Crippen LogP contribution < -0.4 is 5.32 Å². The molecule has 4 nitrogen and oxygen atoms in total. The van der Waals surface area contributed by atoms with E-state index in [0.29, 0.717) is 5.56 Å². The largest absolute Gasteiger partial charge is 0.391 e. The van der Waals surface area contributed by atoms with E-state index in [1.807, 2.05) is 38.2 Å². The summed E-state index contributed by atoms with van der Waals surface area (Å²) in [6, 6.07) is 7.48. The van der Waals surface area contributed by atoms with Crippen LogP contribution in [0.5, 0.6) is 0 Å². The van der Waals surface area contributed by atoms with Gasteiger partial charge in [-0.2, -0.15) is 0 Å². The Hall–Kier alpha value is -1.81. The maximum absolute atomic E-state index is 12.0. The van der Waals surface area contributed by atoms with Gasteiger partial charge in [0.15, 0.2) is 0 Å². The molecule has 0 saturated heterocycles. The quantitative estimate of drug-likeness (QED) is 0.772. The fraction of sp³-hybridized carbons (Fsp3) is 0.400. The molecule has 4 heteroatoms. The second-order valence-corrected chi connectivity index (χ2v) is 4.94. The average molecular weight is 260 g/mol. The maximum atomic E-state index is 12.0. The Balaban J connectivity index is 1.99. The number of aliphatic hydroxyl groups excluding tert-OH is 1. The number of nitrogens with one attached hydrogen (secondary N) is 2. The van der Waals surface area contributed by atoms with Crippen LogP contribution in [-0.2, 0) is 0 Å². The van der Waals surface area contributed by atoms with Gasteiger partial charge >= 0.3 is 0 Å². The number of aromatic nitrogens is 1. The molecule has 0 aliphatic rings. The van der Waals surface area contributed by atoms with Crippen molar-refractivity contribution in [2.45, 2.75) is 26.4 Å². The number of hydrogen-bond acceptors (Lipinski definition) is 2. The fourth-order valence-electron chi connectivity index (χ4n) is 1.96. The Bertz CT molecular complexity index is 562. The van der Waals surface area contributed by atoms with Gasteiger partial charge in [0.2, 0.25) is 0 Å². The summed E-state index contributed by atoms with van der Waals surface area (Å²) < 4.78 is 0. The molecule has 1 heterocycles. The monoisotopic (exact) mass is 260 g/mol. The summed E-state index contributed by atoms with van der Waals surface area (Å²) in [6.07, 6.45) is 2.24. The minimum absolute atomic E-state index is 0.154. The molecule has 2 aromatic rings. The number of carbonyl (C=O) groups excluding carboxylic acids is 1. The molecule has 0 aliphatic heterocycles. The summed E-state index contributed by atoms with van der Waals surface area (Å²) in [5.74, 6) is 0.0324. The number of benzene rings is 1.